The standard InChI is InChI=1S/C26H26F3N7O2/c1-3-31-21-15-32-25(36-11-4-5-12-36)35-22(21)23(30)34-20-13-17(10-9-16(20)2)24(37)33-18-7-6-8-19(14-18)38-26(27,28)29/h3,6-10,13-15,34H,1,4-5,11-12,30H2,2H3,(H,33,37)/b23-22-,31-21-. The number of allylic oxidation sites excluding steroid dienone is 1. The second-order valence-corrected chi connectivity index (χ2v) is 8.51. The van der Waals surface area contributed by atoms with Crippen molar-refractivity contribution in [2.45, 2.75) is 26.1 Å². The Morgan fingerprint density at radius 1 is 1.18 bits per heavy atom. The number of aryl methyl sites for hydroxylation is 1. The highest BCUT2D eigenvalue weighted by molar-refractivity contribution is 6.41. The molecule has 4 rings (SSSR count). The molecule has 0 unspecified atom stereocenters. The molecule has 0 bridgehead atoms. The van der Waals surface area contributed by atoms with Gasteiger partial charge in [-0.2, -0.15) is 0 Å². The minimum Gasteiger partial charge on any atom is -0.406 e. The predicted octanol–water partition coefficient (Wildman–Crippen LogP) is 4.81. The van der Waals surface area contributed by atoms with E-state index in [9.17, 15) is 18.0 Å². The van der Waals surface area contributed by atoms with Crippen molar-refractivity contribution >= 4 is 35.2 Å². The molecule has 12 heteroatoms. The van der Waals surface area contributed by atoms with Crippen LogP contribution in [0.15, 0.2) is 81.7 Å². The van der Waals surface area contributed by atoms with Crippen molar-refractivity contribution in [1.82, 2.24) is 4.90 Å². The molecule has 4 N–H and O–H groups in total. The fraction of sp³-hybridized carbons (Fsp3) is 0.231. The number of carbonyl (C=O) groups excluding carboxylic acids is 1. The van der Waals surface area contributed by atoms with Crippen LogP contribution in [-0.4, -0.2) is 48.1 Å². The zero-order chi connectivity index (χ0) is 27.3. The zero-order valence-electron chi connectivity index (χ0n) is 20.5. The smallest absolute Gasteiger partial charge is 0.406 e. The van der Waals surface area contributed by atoms with Gasteiger partial charge in [0.2, 0.25) is 5.96 Å². The van der Waals surface area contributed by atoms with Crippen LogP contribution in [0.3, 0.4) is 0 Å². The molecule has 9 nitrogen and oxygen atoms in total. The van der Waals surface area contributed by atoms with Gasteiger partial charge in [-0.05, 0) is 49.6 Å². The van der Waals surface area contributed by atoms with E-state index in [-0.39, 0.29) is 17.1 Å². The summed E-state index contributed by atoms with van der Waals surface area (Å²) in [5, 5.41) is 5.68. The molecular formula is C26H26F3N7O2. The van der Waals surface area contributed by atoms with Crippen molar-refractivity contribution < 1.29 is 22.7 Å². The van der Waals surface area contributed by atoms with Crippen LogP contribution in [-0.2, 0) is 0 Å². The summed E-state index contributed by atoms with van der Waals surface area (Å²) >= 11 is 0. The maximum Gasteiger partial charge on any atom is 0.573 e. The number of aliphatic imine (C=N–C) groups is 3. The average Bonchev–Trinajstić information content (AvgIpc) is 3.40. The summed E-state index contributed by atoms with van der Waals surface area (Å²) in [4.78, 5) is 28.2. The molecule has 2 aromatic rings. The molecule has 2 aliphatic rings. The van der Waals surface area contributed by atoms with Gasteiger partial charge in [0.1, 0.15) is 23.0 Å². The van der Waals surface area contributed by atoms with Gasteiger partial charge in [0.25, 0.3) is 5.91 Å². The van der Waals surface area contributed by atoms with Crippen LogP contribution in [0.4, 0.5) is 24.5 Å². The number of amides is 1. The summed E-state index contributed by atoms with van der Waals surface area (Å²) < 4.78 is 41.5. The molecule has 0 spiro atoms. The molecule has 2 heterocycles. The molecule has 2 aromatic carbocycles. The number of likely N-dealkylation sites (tertiary alicyclic amines) is 1. The third-order valence-electron chi connectivity index (χ3n) is 5.73. The maximum atomic E-state index is 12.9. The first-order valence-electron chi connectivity index (χ1n) is 11.7. The first-order chi connectivity index (χ1) is 18.1. The fourth-order valence-electron chi connectivity index (χ4n) is 3.90. The highest BCUT2D eigenvalue weighted by Crippen LogP contribution is 2.26. The lowest BCUT2D eigenvalue weighted by molar-refractivity contribution is -0.274. The van der Waals surface area contributed by atoms with E-state index >= 15 is 0 Å². The normalized spacial score (nSPS) is 17.7. The molecule has 0 radical (unpaired) electrons. The third kappa shape index (κ3) is 6.58. The quantitative estimate of drug-likeness (QED) is 0.501. The molecule has 0 atom stereocenters. The lowest BCUT2D eigenvalue weighted by atomic mass is 10.1. The number of hydrogen-bond donors (Lipinski definition) is 3. The van der Waals surface area contributed by atoms with E-state index in [1.54, 1.807) is 24.4 Å². The number of hydrogen-bond acceptors (Lipinski definition) is 8. The Bertz CT molecular complexity index is 1360. The Balaban J connectivity index is 1.57. The van der Waals surface area contributed by atoms with Gasteiger partial charge >= 0.3 is 6.36 Å². The molecule has 0 aromatic heterocycles. The van der Waals surface area contributed by atoms with Gasteiger partial charge in [-0.15, -0.1) is 13.2 Å². The van der Waals surface area contributed by atoms with Crippen molar-refractivity contribution in [3.8, 4) is 5.75 Å². The molecule has 2 aliphatic heterocycles. The summed E-state index contributed by atoms with van der Waals surface area (Å²) in [6, 6.07) is 9.93. The number of carbonyl (C=O) groups is 1. The van der Waals surface area contributed by atoms with Crippen LogP contribution in [0.1, 0.15) is 28.8 Å². The summed E-state index contributed by atoms with van der Waals surface area (Å²) in [5.41, 5.74) is 8.95. The van der Waals surface area contributed by atoms with Gasteiger partial charge in [-0.25, -0.2) is 9.98 Å². The molecule has 1 fully saturated rings. The van der Waals surface area contributed by atoms with Gasteiger partial charge in [-0.1, -0.05) is 18.7 Å². The second kappa shape index (κ2) is 11.2. The number of benzene rings is 2. The number of nitrogens with zero attached hydrogens (tertiary/aromatic N) is 4. The van der Waals surface area contributed by atoms with E-state index in [0.717, 1.165) is 43.6 Å². The van der Waals surface area contributed by atoms with Crippen LogP contribution < -0.4 is 21.1 Å². The summed E-state index contributed by atoms with van der Waals surface area (Å²) in [7, 11) is 0. The highest BCUT2D eigenvalue weighted by atomic mass is 19.4. The topological polar surface area (TPSA) is 117 Å². The molecule has 0 aliphatic carbocycles. The monoisotopic (exact) mass is 525 g/mol. The second-order valence-electron chi connectivity index (χ2n) is 8.51. The van der Waals surface area contributed by atoms with Crippen molar-refractivity contribution in [3.63, 3.8) is 0 Å². The number of guanidine groups is 1. The Labute approximate surface area is 217 Å². The molecular weight excluding hydrogens is 499 g/mol. The largest absolute Gasteiger partial charge is 0.573 e. The first-order valence-corrected chi connectivity index (χ1v) is 11.7. The van der Waals surface area contributed by atoms with E-state index in [0.29, 0.717) is 23.1 Å². The third-order valence-corrected chi connectivity index (χ3v) is 5.73. The van der Waals surface area contributed by atoms with Crippen LogP contribution in [0, 0.1) is 6.92 Å². The van der Waals surface area contributed by atoms with E-state index in [2.05, 4.69) is 41.8 Å². The molecule has 1 saturated heterocycles. The lowest BCUT2D eigenvalue weighted by Gasteiger charge is -2.21. The minimum absolute atomic E-state index is 0.143. The van der Waals surface area contributed by atoms with E-state index in [1.807, 2.05) is 6.92 Å². The number of anilines is 2. The number of alkyl halides is 3. The molecule has 1 amide bonds. The minimum atomic E-state index is -4.84. The van der Waals surface area contributed by atoms with Crippen molar-refractivity contribution in [2.75, 3.05) is 23.7 Å². The van der Waals surface area contributed by atoms with Gasteiger partial charge in [0, 0.05) is 42.3 Å². The number of rotatable bonds is 6. The Hall–Kier alpha value is -4.61. The fourth-order valence-corrected chi connectivity index (χ4v) is 3.90. The first kappa shape index (κ1) is 26.5. The van der Waals surface area contributed by atoms with Crippen molar-refractivity contribution in [3.05, 3.63) is 77.9 Å². The molecule has 198 valence electrons. The summed E-state index contributed by atoms with van der Waals surface area (Å²) in [5.74, 6) is -0.225. The van der Waals surface area contributed by atoms with Gasteiger partial charge < -0.3 is 26.0 Å². The van der Waals surface area contributed by atoms with Gasteiger partial charge in [0.05, 0.1) is 6.21 Å². The van der Waals surface area contributed by atoms with E-state index < -0.39 is 18.0 Å². The molecule has 38 heavy (non-hydrogen) atoms. The maximum absolute atomic E-state index is 12.9. The Kier molecular flexibility index (Phi) is 7.79. The van der Waals surface area contributed by atoms with E-state index in [1.165, 1.54) is 18.3 Å². The summed E-state index contributed by atoms with van der Waals surface area (Å²) in [6.45, 7) is 7.17. The van der Waals surface area contributed by atoms with Gasteiger partial charge in [-0.3, -0.25) is 9.79 Å². The van der Waals surface area contributed by atoms with Crippen LogP contribution in [0.25, 0.3) is 0 Å². The van der Waals surface area contributed by atoms with E-state index in [4.69, 9.17) is 5.73 Å². The van der Waals surface area contributed by atoms with Crippen LogP contribution in [0.2, 0.25) is 0 Å². The number of nitrogens with one attached hydrogen (secondary N) is 2. The summed E-state index contributed by atoms with van der Waals surface area (Å²) in [6.07, 6.45) is 0.231. The number of nitrogens with two attached hydrogens (primary N) is 1. The van der Waals surface area contributed by atoms with Crippen LogP contribution in [0.5, 0.6) is 5.75 Å². The average molecular weight is 526 g/mol. The Morgan fingerprint density at radius 3 is 2.66 bits per heavy atom. The van der Waals surface area contributed by atoms with Gasteiger partial charge in [0.15, 0.2) is 0 Å². The highest BCUT2D eigenvalue weighted by Gasteiger charge is 2.31. The van der Waals surface area contributed by atoms with Crippen LogP contribution >= 0.6 is 0 Å². The van der Waals surface area contributed by atoms with Crippen molar-refractivity contribution in [1.29, 1.82) is 0 Å². The van der Waals surface area contributed by atoms with Crippen molar-refractivity contribution in [2.24, 2.45) is 20.7 Å². The number of halogens is 3. The number of ether oxygens (including phenoxy) is 1. The SMILES string of the molecule is C=C/N=C1/C=NC(N2CCCC2)=N/C1=C(/N)Nc1cc(C(=O)Nc2cccc(OC(F)(F)F)c2)ccc1C. The predicted molar refractivity (Wildman–Crippen MR) is 141 cm³/mol. The zero-order valence-corrected chi connectivity index (χ0v) is 20.5. The lowest BCUT2D eigenvalue weighted by Crippen LogP contribution is -2.31. The Morgan fingerprint density at radius 2 is 1.95 bits per heavy atom. The molecule has 0 saturated carbocycles.